The second kappa shape index (κ2) is 6.64. The van der Waals surface area contributed by atoms with Gasteiger partial charge in [0.15, 0.2) is 0 Å². The summed E-state index contributed by atoms with van der Waals surface area (Å²) in [4.78, 5) is 2.44. The highest BCUT2D eigenvalue weighted by atomic mass is 16.5. The molecule has 1 N–H and O–H groups in total. The zero-order chi connectivity index (χ0) is 14.5. The quantitative estimate of drug-likeness (QED) is 0.935. The van der Waals surface area contributed by atoms with Crippen LogP contribution in [0.3, 0.4) is 0 Å². The van der Waals surface area contributed by atoms with Gasteiger partial charge < -0.3 is 15.0 Å². The zero-order valence-electron chi connectivity index (χ0n) is 12.5. The molecule has 0 bridgehead atoms. The Morgan fingerprint density at radius 3 is 2.76 bits per heavy atom. The Balaban J connectivity index is 1.81. The van der Waals surface area contributed by atoms with Crippen molar-refractivity contribution in [3.8, 4) is 5.75 Å². The lowest BCUT2D eigenvalue weighted by Crippen LogP contribution is -2.31. The summed E-state index contributed by atoms with van der Waals surface area (Å²) in [6.07, 6.45) is 1.15. The van der Waals surface area contributed by atoms with E-state index >= 15 is 0 Å². The lowest BCUT2D eigenvalue weighted by atomic mass is 10.1. The van der Waals surface area contributed by atoms with Crippen molar-refractivity contribution in [3.63, 3.8) is 0 Å². The van der Waals surface area contributed by atoms with Gasteiger partial charge in [0.25, 0.3) is 0 Å². The van der Waals surface area contributed by atoms with E-state index in [1.807, 2.05) is 6.07 Å². The maximum Gasteiger partial charge on any atom is 0.120 e. The first kappa shape index (κ1) is 14.0. The largest absolute Gasteiger partial charge is 0.497 e. The number of benzene rings is 2. The van der Waals surface area contributed by atoms with Crippen LogP contribution in [0.4, 0.5) is 5.69 Å². The van der Waals surface area contributed by atoms with Gasteiger partial charge in [-0.05, 0) is 30.7 Å². The van der Waals surface area contributed by atoms with E-state index in [2.05, 4.69) is 58.7 Å². The summed E-state index contributed by atoms with van der Waals surface area (Å²) in [6, 6.07) is 19.4. The molecule has 110 valence electrons. The average Bonchev–Trinajstić information content (AvgIpc) is 2.82. The molecule has 0 aliphatic carbocycles. The Morgan fingerprint density at radius 1 is 1.10 bits per heavy atom. The number of nitrogens with zero attached hydrogens (tertiary/aromatic N) is 1. The Labute approximate surface area is 126 Å². The molecule has 0 spiro atoms. The van der Waals surface area contributed by atoms with Gasteiger partial charge in [-0.2, -0.15) is 0 Å². The van der Waals surface area contributed by atoms with E-state index in [-0.39, 0.29) is 0 Å². The van der Waals surface area contributed by atoms with Crippen LogP contribution in [0, 0.1) is 0 Å². The van der Waals surface area contributed by atoms with Gasteiger partial charge in [-0.1, -0.05) is 36.4 Å². The molecular weight excluding hydrogens is 260 g/mol. The van der Waals surface area contributed by atoms with Gasteiger partial charge >= 0.3 is 0 Å². The van der Waals surface area contributed by atoms with Gasteiger partial charge in [0, 0.05) is 30.9 Å². The van der Waals surface area contributed by atoms with Crippen LogP contribution in [0.15, 0.2) is 54.6 Å². The Bertz CT molecular complexity index is 570. The topological polar surface area (TPSA) is 24.5 Å². The van der Waals surface area contributed by atoms with Gasteiger partial charge in [0.2, 0.25) is 0 Å². The molecule has 0 aromatic heterocycles. The number of hydrogen-bond donors (Lipinski definition) is 1. The summed E-state index contributed by atoms with van der Waals surface area (Å²) in [7, 11) is 1.72. The lowest BCUT2D eigenvalue weighted by molar-refractivity contribution is 0.414. The van der Waals surface area contributed by atoms with Crippen LogP contribution in [0.5, 0.6) is 5.75 Å². The highest BCUT2D eigenvalue weighted by Gasteiger charge is 2.19. The third-order valence-electron chi connectivity index (χ3n) is 4.02. The molecule has 3 heteroatoms. The minimum absolute atomic E-state index is 0.375. The summed E-state index contributed by atoms with van der Waals surface area (Å²) in [5, 5.41) is 3.65. The molecule has 21 heavy (non-hydrogen) atoms. The fraction of sp³-hybridized carbons (Fsp3) is 0.333. The van der Waals surface area contributed by atoms with Gasteiger partial charge in [-0.25, -0.2) is 0 Å². The number of anilines is 1. The minimum Gasteiger partial charge on any atom is -0.497 e. The molecule has 1 saturated heterocycles. The first-order valence-corrected chi connectivity index (χ1v) is 7.54. The fourth-order valence-corrected chi connectivity index (χ4v) is 2.87. The number of hydrogen-bond acceptors (Lipinski definition) is 3. The maximum absolute atomic E-state index is 5.35. The van der Waals surface area contributed by atoms with Gasteiger partial charge in [-0.15, -0.1) is 0 Å². The Kier molecular flexibility index (Phi) is 4.41. The monoisotopic (exact) mass is 282 g/mol. The van der Waals surface area contributed by atoms with Crippen LogP contribution in [0.25, 0.3) is 0 Å². The second-order valence-electron chi connectivity index (χ2n) is 5.42. The number of methoxy groups -OCH3 is 1. The van der Waals surface area contributed by atoms with E-state index in [1.165, 1.54) is 11.3 Å². The highest BCUT2D eigenvalue weighted by Crippen LogP contribution is 2.25. The minimum atomic E-state index is 0.375. The molecule has 3 nitrogen and oxygen atoms in total. The van der Waals surface area contributed by atoms with Gasteiger partial charge in [0.1, 0.15) is 5.75 Å². The van der Waals surface area contributed by atoms with Gasteiger partial charge in [0.05, 0.1) is 7.11 Å². The smallest absolute Gasteiger partial charge is 0.120 e. The highest BCUT2D eigenvalue weighted by molar-refractivity contribution is 5.51. The SMILES string of the molecule is COc1cccc(N2CCCNC(c3ccccc3)C2)c1. The second-order valence-corrected chi connectivity index (χ2v) is 5.42. The average molecular weight is 282 g/mol. The third kappa shape index (κ3) is 3.37. The molecule has 3 rings (SSSR count). The zero-order valence-corrected chi connectivity index (χ0v) is 12.5. The molecule has 1 aliphatic heterocycles. The van der Waals surface area contributed by atoms with Crippen molar-refractivity contribution < 1.29 is 4.74 Å². The molecule has 2 aromatic rings. The van der Waals surface area contributed by atoms with Crippen LogP contribution in [-0.2, 0) is 0 Å². The molecule has 1 aliphatic rings. The van der Waals surface area contributed by atoms with Crippen molar-refractivity contribution in [1.82, 2.24) is 5.32 Å². The van der Waals surface area contributed by atoms with E-state index < -0.39 is 0 Å². The van der Waals surface area contributed by atoms with Crippen LogP contribution in [0.2, 0.25) is 0 Å². The summed E-state index contributed by atoms with van der Waals surface area (Å²) < 4.78 is 5.35. The standard InChI is InChI=1S/C18H22N2O/c1-21-17-10-5-9-16(13-17)20-12-6-11-19-18(14-20)15-7-3-2-4-8-15/h2-5,7-10,13,18-19H,6,11-12,14H2,1H3. The number of ether oxygens (including phenoxy) is 1. The molecule has 0 saturated carbocycles. The number of nitrogens with one attached hydrogen (secondary N) is 1. The van der Waals surface area contributed by atoms with E-state index in [9.17, 15) is 0 Å². The predicted molar refractivity (Wildman–Crippen MR) is 87.0 cm³/mol. The molecule has 1 heterocycles. The fourth-order valence-electron chi connectivity index (χ4n) is 2.87. The molecule has 1 fully saturated rings. The lowest BCUT2D eigenvalue weighted by Gasteiger charge is -2.27. The van der Waals surface area contributed by atoms with Crippen molar-refractivity contribution >= 4 is 5.69 Å². The van der Waals surface area contributed by atoms with Crippen LogP contribution in [-0.4, -0.2) is 26.7 Å². The summed E-state index contributed by atoms with van der Waals surface area (Å²) in [5.41, 5.74) is 2.59. The normalized spacial score (nSPS) is 19.1. The van der Waals surface area contributed by atoms with E-state index in [0.29, 0.717) is 6.04 Å². The maximum atomic E-state index is 5.35. The van der Waals surface area contributed by atoms with Gasteiger partial charge in [-0.3, -0.25) is 0 Å². The summed E-state index contributed by atoms with van der Waals surface area (Å²) in [6.45, 7) is 3.11. The summed E-state index contributed by atoms with van der Waals surface area (Å²) in [5.74, 6) is 0.918. The summed E-state index contributed by atoms with van der Waals surface area (Å²) >= 11 is 0. The molecular formula is C18H22N2O. The first-order valence-electron chi connectivity index (χ1n) is 7.54. The molecule has 1 unspecified atom stereocenters. The Hall–Kier alpha value is -2.00. The van der Waals surface area contributed by atoms with E-state index in [1.54, 1.807) is 7.11 Å². The van der Waals surface area contributed by atoms with Crippen molar-refractivity contribution in [3.05, 3.63) is 60.2 Å². The van der Waals surface area contributed by atoms with Crippen LogP contribution in [0.1, 0.15) is 18.0 Å². The molecule has 0 amide bonds. The van der Waals surface area contributed by atoms with Crippen LogP contribution < -0.4 is 15.0 Å². The molecule has 1 atom stereocenters. The van der Waals surface area contributed by atoms with E-state index in [0.717, 1.165) is 31.8 Å². The predicted octanol–water partition coefficient (Wildman–Crippen LogP) is 3.24. The first-order chi connectivity index (χ1) is 10.4. The third-order valence-corrected chi connectivity index (χ3v) is 4.02. The molecule has 2 aromatic carbocycles. The van der Waals surface area contributed by atoms with Crippen molar-refractivity contribution in [1.29, 1.82) is 0 Å². The molecule has 0 radical (unpaired) electrons. The Morgan fingerprint density at radius 2 is 1.95 bits per heavy atom. The number of rotatable bonds is 3. The van der Waals surface area contributed by atoms with Crippen molar-refractivity contribution in [2.24, 2.45) is 0 Å². The van der Waals surface area contributed by atoms with E-state index in [4.69, 9.17) is 4.74 Å². The van der Waals surface area contributed by atoms with Crippen LogP contribution >= 0.6 is 0 Å². The van der Waals surface area contributed by atoms with Crippen molar-refractivity contribution in [2.45, 2.75) is 12.5 Å². The van der Waals surface area contributed by atoms with Crippen molar-refractivity contribution in [2.75, 3.05) is 31.6 Å².